The molecule has 0 fully saturated rings. The zero-order valence-electron chi connectivity index (χ0n) is 15.9. The second-order valence-electron chi connectivity index (χ2n) is 6.52. The smallest absolute Gasteiger partial charge is 0.419 e. The molecule has 4 rings (SSSR count). The number of hydrogen-bond donors (Lipinski definition) is 1. The molecule has 1 amide bonds. The highest BCUT2D eigenvalue weighted by molar-refractivity contribution is 7.12. The monoisotopic (exact) mass is 422 g/mol. The van der Waals surface area contributed by atoms with Gasteiger partial charge in [-0.15, -0.1) is 11.3 Å². The summed E-state index contributed by atoms with van der Waals surface area (Å²) in [5.74, 6) is -0.632. The molecule has 0 atom stereocenters. The lowest BCUT2D eigenvalue weighted by molar-refractivity contribution is -0.134. The summed E-state index contributed by atoms with van der Waals surface area (Å²) < 4.78 is 12.0. The fourth-order valence-electron chi connectivity index (χ4n) is 3.00. The summed E-state index contributed by atoms with van der Waals surface area (Å²) in [6.07, 6.45) is 0.597. The van der Waals surface area contributed by atoms with Crippen LogP contribution in [-0.2, 0) is 11.3 Å². The number of rotatable bonds is 7. The highest BCUT2D eigenvalue weighted by Crippen LogP contribution is 2.19. The van der Waals surface area contributed by atoms with Gasteiger partial charge in [-0.2, -0.15) is 0 Å². The molecule has 0 aliphatic carbocycles. The van der Waals surface area contributed by atoms with E-state index in [9.17, 15) is 14.4 Å². The maximum Gasteiger partial charge on any atom is 0.419 e. The Morgan fingerprint density at radius 2 is 1.83 bits per heavy atom. The molecule has 2 aromatic heterocycles. The summed E-state index contributed by atoms with van der Waals surface area (Å²) in [5.41, 5.74) is 1.84. The topological polar surface area (TPSA) is 90.5 Å². The first-order chi connectivity index (χ1) is 14.6. The number of aromatic nitrogens is 1. The molecular formula is C22H18N2O5S. The van der Waals surface area contributed by atoms with E-state index in [4.69, 9.17) is 9.15 Å². The predicted molar refractivity (Wildman–Crippen MR) is 114 cm³/mol. The number of fused-ring (bicyclic) bond motifs is 1. The first-order valence-corrected chi connectivity index (χ1v) is 10.2. The van der Waals surface area contributed by atoms with Crippen LogP contribution in [0.2, 0.25) is 0 Å². The standard InChI is InChI=1S/C22H18N2O5S/c25-20(8-3-13-24-17-5-1-2-6-18(17)29-22(24)27)28-16-11-9-15(10-12-16)23-21(26)19-7-4-14-30-19/h1-2,4-7,9-12,14H,3,8,13H2,(H,23,26). The third kappa shape index (κ3) is 4.49. The highest BCUT2D eigenvalue weighted by Gasteiger charge is 2.11. The van der Waals surface area contributed by atoms with Gasteiger partial charge in [0.05, 0.1) is 10.4 Å². The van der Waals surface area contributed by atoms with Crippen LogP contribution >= 0.6 is 11.3 Å². The molecule has 2 aromatic carbocycles. The lowest BCUT2D eigenvalue weighted by Gasteiger charge is -2.07. The van der Waals surface area contributed by atoms with Crippen molar-refractivity contribution in [2.75, 3.05) is 5.32 Å². The van der Waals surface area contributed by atoms with Crippen molar-refractivity contribution >= 4 is 40.0 Å². The van der Waals surface area contributed by atoms with E-state index in [0.29, 0.717) is 40.4 Å². The van der Waals surface area contributed by atoms with Crippen molar-refractivity contribution in [3.63, 3.8) is 0 Å². The van der Waals surface area contributed by atoms with Gasteiger partial charge >= 0.3 is 11.7 Å². The first-order valence-electron chi connectivity index (χ1n) is 9.34. The molecule has 0 unspecified atom stereocenters. The van der Waals surface area contributed by atoms with Gasteiger partial charge in [0.2, 0.25) is 0 Å². The third-order valence-electron chi connectivity index (χ3n) is 4.43. The molecule has 0 saturated carbocycles. The van der Waals surface area contributed by atoms with Gasteiger partial charge in [0.25, 0.3) is 5.91 Å². The number of esters is 1. The van der Waals surface area contributed by atoms with E-state index in [1.54, 1.807) is 48.5 Å². The number of para-hydroxylation sites is 2. The van der Waals surface area contributed by atoms with Crippen molar-refractivity contribution in [1.82, 2.24) is 4.57 Å². The van der Waals surface area contributed by atoms with E-state index < -0.39 is 11.7 Å². The zero-order valence-corrected chi connectivity index (χ0v) is 16.7. The number of oxazole rings is 1. The molecule has 4 aromatic rings. The Hall–Kier alpha value is -3.65. The molecule has 0 aliphatic rings. The fraction of sp³-hybridized carbons (Fsp3) is 0.136. The minimum Gasteiger partial charge on any atom is -0.427 e. The van der Waals surface area contributed by atoms with Crippen molar-refractivity contribution in [3.8, 4) is 5.75 Å². The molecule has 1 N–H and O–H groups in total. The van der Waals surface area contributed by atoms with E-state index in [0.717, 1.165) is 0 Å². The van der Waals surface area contributed by atoms with Crippen LogP contribution in [-0.4, -0.2) is 16.4 Å². The van der Waals surface area contributed by atoms with E-state index in [1.165, 1.54) is 15.9 Å². The maximum absolute atomic E-state index is 12.1. The number of benzene rings is 2. The lowest BCUT2D eigenvalue weighted by atomic mass is 10.2. The van der Waals surface area contributed by atoms with Crippen molar-refractivity contribution < 1.29 is 18.7 Å². The van der Waals surface area contributed by atoms with E-state index in [1.807, 2.05) is 17.5 Å². The summed E-state index contributed by atoms with van der Waals surface area (Å²) in [5, 5.41) is 4.62. The van der Waals surface area contributed by atoms with Gasteiger partial charge in [-0.1, -0.05) is 18.2 Å². The highest BCUT2D eigenvalue weighted by atomic mass is 32.1. The Morgan fingerprint density at radius 1 is 1.03 bits per heavy atom. The number of nitrogens with zero attached hydrogens (tertiary/aromatic N) is 1. The van der Waals surface area contributed by atoms with Crippen molar-refractivity contribution in [3.05, 3.63) is 81.5 Å². The fourth-order valence-corrected chi connectivity index (χ4v) is 3.62. The molecule has 152 valence electrons. The van der Waals surface area contributed by atoms with Crippen LogP contribution in [0.1, 0.15) is 22.5 Å². The van der Waals surface area contributed by atoms with Crippen LogP contribution in [0.4, 0.5) is 5.69 Å². The molecule has 0 spiro atoms. The van der Waals surface area contributed by atoms with Crippen molar-refractivity contribution in [1.29, 1.82) is 0 Å². The number of nitrogens with one attached hydrogen (secondary N) is 1. The summed E-state index contributed by atoms with van der Waals surface area (Å²) >= 11 is 1.36. The number of hydrogen-bond acceptors (Lipinski definition) is 6. The summed E-state index contributed by atoms with van der Waals surface area (Å²) in [7, 11) is 0. The van der Waals surface area contributed by atoms with E-state index in [-0.39, 0.29) is 12.3 Å². The van der Waals surface area contributed by atoms with E-state index in [2.05, 4.69) is 5.32 Å². The number of carbonyl (C=O) groups excluding carboxylic acids is 2. The molecule has 0 radical (unpaired) electrons. The Balaban J connectivity index is 1.28. The zero-order chi connectivity index (χ0) is 20.9. The van der Waals surface area contributed by atoms with Crippen LogP contribution in [0.5, 0.6) is 5.75 Å². The summed E-state index contributed by atoms with van der Waals surface area (Å²) in [4.78, 5) is 36.7. The quantitative estimate of drug-likeness (QED) is 0.354. The third-order valence-corrected chi connectivity index (χ3v) is 5.29. The molecule has 7 nitrogen and oxygen atoms in total. The number of carbonyl (C=O) groups is 2. The van der Waals surface area contributed by atoms with E-state index >= 15 is 0 Å². The van der Waals surface area contributed by atoms with Gasteiger partial charge in [0, 0.05) is 18.7 Å². The Morgan fingerprint density at radius 3 is 2.60 bits per heavy atom. The Labute approximate surface area is 175 Å². The number of thiophene rings is 1. The van der Waals surface area contributed by atoms with Gasteiger partial charge < -0.3 is 14.5 Å². The molecule has 0 bridgehead atoms. The number of amides is 1. The molecule has 0 saturated heterocycles. The van der Waals surface area contributed by atoms with Gasteiger partial charge in [-0.25, -0.2) is 4.79 Å². The Kier molecular flexibility index (Phi) is 5.76. The molecule has 2 heterocycles. The van der Waals surface area contributed by atoms with Crippen LogP contribution in [0.15, 0.2) is 75.3 Å². The number of ether oxygens (including phenoxy) is 1. The van der Waals surface area contributed by atoms with Crippen LogP contribution in [0.3, 0.4) is 0 Å². The normalized spacial score (nSPS) is 10.8. The van der Waals surface area contributed by atoms with Crippen LogP contribution in [0.25, 0.3) is 11.1 Å². The molecule has 30 heavy (non-hydrogen) atoms. The lowest BCUT2D eigenvalue weighted by Crippen LogP contribution is -2.16. The van der Waals surface area contributed by atoms with Gasteiger partial charge in [-0.3, -0.25) is 14.2 Å². The van der Waals surface area contributed by atoms with Crippen molar-refractivity contribution in [2.45, 2.75) is 19.4 Å². The van der Waals surface area contributed by atoms with Crippen LogP contribution in [0, 0.1) is 0 Å². The second-order valence-corrected chi connectivity index (χ2v) is 7.47. The Bertz CT molecular complexity index is 1220. The minimum absolute atomic E-state index is 0.156. The second kappa shape index (κ2) is 8.79. The van der Waals surface area contributed by atoms with Crippen LogP contribution < -0.4 is 15.8 Å². The molecule has 0 aliphatic heterocycles. The number of aryl methyl sites for hydroxylation is 1. The van der Waals surface area contributed by atoms with Crippen molar-refractivity contribution in [2.24, 2.45) is 0 Å². The average molecular weight is 422 g/mol. The predicted octanol–water partition coefficient (Wildman–Crippen LogP) is 4.29. The maximum atomic E-state index is 12.1. The van der Waals surface area contributed by atoms with Gasteiger partial charge in [0.15, 0.2) is 5.58 Å². The largest absolute Gasteiger partial charge is 0.427 e. The summed E-state index contributed by atoms with van der Waals surface area (Å²) in [6, 6.07) is 17.3. The van der Waals surface area contributed by atoms with Gasteiger partial charge in [-0.05, 0) is 54.3 Å². The summed E-state index contributed by atoms with van der Waals surface area (Å²) in [6.45, 7) is 0.360. The SMILES string of the molecule is O=C(CCCn1c(=O)oc2ccccc21)Oc1ccc(NC(=O)c2cccs2)cc1. The number of anilines is 1. The first kappa shape index (κ1) is 19.7. The minimum atomic E-state index is -0.440. The van der Waals surface area contributed by atoms with Gasteiger partial charge in [0.1, 0.15) is 5.75 Å². The average Bonchev–Trinajstić information content (AvgIpc) is 3.38. The molecular weight excluding hydrogens is 404 g/mol. The molecule has 8 heteroatoms.